The Balaban J connectivity index is 2.06. The smallest absolute Gasteiger partial charge is 0.175 e. The summed E-state index contributed by atoms with van der Waals surface area (Å²) in [6.45, 7) is 0. The van der Waals surface area contributed by atoms with Gasteiger partial charge in [-0.2, -0.15) is 12.6 Å². The van der Waals surface area contributed by atoms with Gasteiger partial charge in [0.05, 0.1) is 5.25 Å². The summed E-state index contributed by atoms with van der Waals surface area (Å²) in [7, 11) is 0. The van der Waals surface area contributed by atoms with E-state index in [4.69, 9.17) is 0 Å². The Morgan fingerprint density at radius 2 is 1.47 bits per heavy atom. The first-order valence-electron chi connectivity index (χ1n) is 5.58. The highest BCUT2D eigenvalue weighted by molar-refractivity contribution is 7.81. The minimum absolute atomic E-state index is 0.0813. The maximum Gasteiger partial charge on any atom is 0.175 e. The van der Waals surface area contributed by atoms with Crippen LogP contribution in [0.1, 0.15) is 15.9 Å². The number of hydrogen-bond donors (Lipinski definition) is 1. The van der Waals surface area contributed by atoms with Crippen molar-refractivity contribution in [2.75, 3.05) is 0 Å². The van der Waals surface area contributed by atoms with Gasteiger partial charge in [0.1, 0.15) is 0 Å². The van der Waals surface area contributed by atoms with Crippen LogP contribution in [-0.4, -0.2) is 11.0 Å². The predicted molar refractivity (Wildman–Crippen MR) is 73.7 cm³/mol. The van der Waals surface area contributed by atoms with Gasteiger partial charge in [-0.05, 0) is 12.0 Å². The molecule has 1 unspecified atom stereocenters. The Labute approximate surface area is 107 Å². The molecule has 2 aromatic rings. The maximum absolute atomic E-state index is 12.1. The van der Waals surface area contributed by atoms with Crippen LogP contribution in [0.15, 0.2) is 60.7 Å². The molecule has 2 heteroatoms. The lowest BCUT2D eigenvalue weighted by molar-refractivity contribution is 0.0989. The molecule has 0 amide bonds. The van der Waals surface area contributed by atoms with Crippen LogP contribution in [0.3, 0.4) is 0 Å². The van der Waals surface area contributed by atoms with Gasteiger partial charge in [-0.3, -0.25) is 4.79 Å². The van der Waals surface area contributed by atoms with Crippen LogP contribution in [0.2, 0.25) is 0 Å². The van der Waals surface area contributed by atoms with E-state index in [0.717, 1.165) is 11.1 Å². The van der Waals surface area contributed by atoms with Crippen LogP contribution < -0.4 is 0 Å². The SMILES string of the molecule is O=C(c1ccccc1)C(S)Cc1ccccc1. The van der Waals surface area contributed by atoms with Gasteiger partial charge in [0.15, 0.2) is 5.78 Å². The maximum atomic E-state index is 12.1. The second-order valence-corrected chi connectivity index (χ2v) is 4.56. The highest BCUT2D eigenvalue weighted by Crippen LogP contribution is 2.13. The number of carbonyl (C=O) groups excluding carboxylic acids is 1. The van der Waals surface area contributed by atoms with Crippen molar-refractivity contribution in [3.63, 3.8) is 0 Å². The summed E-state index contributed by atoms with van der Waals surface area (Å²) in [5, 5.41) is -0.278. The van der Waals surface area contributed by atoms with E-state index in [-0.39, 0.29) is 11.0 Å². The minimum Gasteiger partial charge on any atom is -0.293 e. The third-order valence-electron chi connectivity index (χ3n) is 2.63. The third kappa shape index (κ3) is 3.21. The topological polar surface area (TPSA) is 17.1 Å². The van der Waals surface area contributed by atoms with Crippen molar-refractivity contribution in [2.24, 2.45) is 0 Å². The van der Waals surface area contributed by atoms with Crippen LogP contribution in [-0.2, 0) is 6.42 Å². The Hall–Kier alpha value is -1.54. The Morgan fingerprint density at radius 1 is 0.941 bits per heavy atom. The molecule has 0 fully saturated rings. The molecule has 0 N–H and O–H groups in total. The fourth-order valence-corrected chi connectivity index (χ4v) is 2.08. The summed E-state index contributed by atoms with van der Waals surface area (Å²) in [4.78, 5) is 12.1. The van der Waals surface area contributed by atoms with Gasteiger partial charge in [0.2, 0.25) is 0 Å². The van der Waals surface area contributed by atoms with E-state index >= 15 is 0 Å². The number of ketones is 1. The molecular formula is C15H14OS. The van der Waals surface area contributed by atoms with Crippen LogP contribution in [0.4, 0.5) is 0 Å². The van der Waals surface area contributed by atoms with Gasteiger partial charge in [0.25, 0.3) is 0 Å². The molecule has 1 atom stereocenters. The average Bonchev–Trinajstić information content (AvgIpc) is 2.40. The lowest BCUT2D eigenvalue weighted by Crippen LogP contribution is -2.17. The normalized spacial score (nSPS) is 12.1. The summed E-state index contributed by atoms with van der Waals surface area (Å²) >= 11 is 4.40. The van der Waals surface area contributed by atoms with Gasteiger partial charge < -0.3 is 0 Å². The summed E-state index contributed by atoms with van der Waals surface area (Å²) in [5.74, 6) is 0.0813. The number of carbonyl (C=O) groups is 1. The van der Waals surface area contributed by atoms with E-state index in [9.17, 15) is 4.79 Å². The highest BCUT2D eigenvalue weighted by Gasteiger charge is 2.15. The average molecular weight is 242 g/mol. The minimum atomic E-state index is -0.278. The Morgan fingerprint density at radius 3 is 2.06 bits per heavy atom. The molecule has 0 heterocycles. The Bertz CT molecular complexity index is 479. The van der Waals surface area contributed by atoms with Crippen molar-refractivity contribution in [2.45, 2.75) is 11.7 Å². The zero-order chi connectivity index (χ0) is 12.1. The van der Waals surface area contributed by atoms with Crippen molar-refractivity contribution in [1.29, 1.82) is 0 Å². The van der Waals surface area contributed by atoms with Gasteiger partial charge >= 0.3 is 0 Å². The highest BCUT2D eigenvalue weighted by atomic mass is 32.1. The molecule has 2 rings (SSSR count). The second-order valence-electron chi connectivity index (χ2n) is 3.94. The molecular weight excluding hydrogens is 228 g/mol. The second kappa shape index (κ2) is 5.69. The molecule has 0 radical (unpaired) electrons. The fourth-order valence-electron chi connectivity index (χ4n) is 1.72. The van der Waals surface area contributed by atoms with Crippen LogP contribution in [0.5, 0.6) is 0 Å². The predicted octanol–water partition coefficient (Wildman–Crippen LogP) is 3.41. The number of Topliss-reactive ketones (excluding diaryl/α,β-unsaturated/α-hetero) is 1. The third-order valence-corrected chi connectivity index (χ3v) is 3.05. The van der Waals surface area contributed by atoms with Gasteiger partial charge in [-0.25, -0.2) is 0 Å². The van der Waals surface area contributed by atoms with E-state index in [1.54, 1.807) is 0 Å². The Kier molecular flexibility index (Phi) is 3.99. The molecule has 0 saturated heterocycles. The quantitative estimate of drug-likeness (QED) is 0.642. The lowest BCUT2D eigenvalue weighted by atomic mass is 10.0. The number of rotatable bonds is 4. The van der Waals surface area contributed by atoms with E-state index in [1.165, 1.54) is 0 Å². The summed E-state index contributed by atoms with van der Waals surface area (Å²) in [6.07, 6.45) is 0.664. The zero-order valence-corrected chi connectivity index (χ0v) is 10.3. The van der Waals surface area contributed by atoms with Crippen LogP contribution in [0.25, 0.3) is 0 Å². The first kappa shape index (κ1) is 11.9. The summed E-state index contributed by atoms with van der Waals surface area (Å²) in [6, 6.07) is 19.3. The van der Waals surface area contributed by atoms with E-state index in [1.807, 2.05) is 60.7 Å². The molecule has 0 bridgehead atoms. The molecule has 0 aliphatic heterocycles. The van der Waals surface area contributed by atoms with Gasteiger partial charge in [-0.1, -0.05) is 60.7 Å². The molecule has 86 valence electrons. The number of benzene rings is 2. The van der Waals surface area contributed by atoms with Crippen molar-refractivity contribution in [3.8, 4) is 0 Å². The number of hydrogen-bond acceptors (Lipinski definition) is 2. The van der Waals surface area contributed by atoms with E-state index in [0.29, 0.717) is 6.42 Å². The number of thiol groups is 1. The summed E-state index contributed by atoms with van der Waals surface area (Å²) in [5.41, 5.74) is 1.86. The summed E-state index contributed by atoms with van der Waals surface area (Å²) < 4.78 is 0. The van der Waals surface area contributed by atoms with Crippen molar-refractivity contribution < 1.29 is 4.79 Å². The van der Waals surface area contributed by atoms with E-state index in [2.05, 4.69) is 12.6 Å². The first-order chi connectivity index (χ1) is 8.27. The van der Waals surface area contributed by atoms with Crippen molar-refractivity contribution in [1.82, 2.24) is 0 Å². The monoisotopic (exact) mass is 242 g/mol. The molecule has 0 aliphatic rings. The largest absolute Gasteiger partial charge is 0.293 e. The molecule has 1 nitrogen and oxygen atoms in total. The molecule has 2 aromatic carbocycles. The zero-order valence-electron chi connectivity index (χ0n) is 9.41. The fraction of sp³-hybridized carbons (Fsp3) is 0.133. The van der Waals surface area contributed by atoms with Crippen molar-refractivity contribution in [3.05, 3.63) is 71.8 Å². The van der Waals surface area contributed by atoms with Gasteiger partial charge in [-0.15, -0.1) is 0 Å². The first-order valence-corrected chi connectivity index (χ1v) is 6.10. The van der Waals surface area contributed by atoms with Crippen LogP contribution >= 0.6 is 12.6 Å². The lowest BCUT2D eigenvalue weighted by Gasteiger charge is -2.09. The molecule has 17 heavy (non-hydrogen) atoms. The molecule has 0 spiro atoms. The molecule has 0 aliphatic carbocycles. The molecule has 0 saturated carbocycles. The standard InChI is InChI=1S/C15H14OS/c16-15(13-9-5-2-6-10-13)14(17)11-12-7-3-1-4-8-12/h1-10,14,17H,11H2. The van der Waals surface area contributed by atoms with Gasteiger partial charge in [0, 0.05) is 5.56 Å². The molecule has 0 aromatic heterocycles. The van der Waals surface area contributed by atoms with Crippen LogP contribution in [0, 0.1) is 0 Å². The van der Waals surface area contributed by atoms with E-state index < -0.39 is 0 Å². The van der Waals surface area contributed by atoms with Crippen molar-refractivity contribution >= 4 is 18.4 Å².